The van der Waals surface area contributed by atoms with Gasteiger partial charge in [-0.05, 0) is 18.2 Å². The van der Waals surface area contributed by atoms with Gasteiger partial charge in [-0.2, -0.15) is 0 Å². The van der Waals surface area contributed by atoms with Gasteiger partial charge in [-0.15, -0.1) is 11.3 Å². The number of ether oxygens (including phenoxy) is 1. The number of para-hydroxylation sites is 1. The van der Waals surface area contributed by atoms with Gasteiger partial charge < -0.3 is 10.5 Å². The van der Waals surface area contributed by atoms with Crippen LogP contribution in [-0.2, 0) is 6.61 Å². The molecule has 0 saturated heterocycles. The van der Waals surface area contributed by atoms with Crippen LogP contribution in [-0.4, -0.2) is 5.91 Å². The Labute approximate surface area is 130 Å². The van der Waals surface area contributed by atoms with Gasteiger partial charge in [0.25, 0.3) is 5.91 Å². The minimum atomic E-state index is -0.506. The molecule has 0 spiro atoms. The molecule has 2 aromatic carbocycles. The van der Waals surface area contributed by atoms with Crippen LogP contribution in [0.5, 0.6) is 5.75 Å². The molecule has 0 aliphatic rings. The molecule has 0 saturated carbocycles. The highest BCUT2D eigenvalue weighted by atomic mass is 35.5. The first-order valence-electron chi connectivity index (χ1n) is 6.34. The minimum Gasteiger partial charge on any atom is -0.487 e. The number of thiophene rings is 1. The molecule has 0 fully saturated rings. The summed E-state index contributed by atoms with van der Waals surface area (Å²) in [5, 5.41) is 1.72. The van der Waals surface area contributed by atoms with Gasteiger partial charge in [0.15, 0.2) is 0 Å². The average molecular weight is 318 g/mol. The lowest BCUT2D eigenvalue weighted by Crippen LogP contribution is -2.12. The Morgan fingerprint density at radius 3 is 2.62 bits per heavy atom. The zero-order valence-corrected chi connectivity index (χ0v) is 12.6. The largest absolute Gasteiger partial charge is 0.487 e. The molecule has 0 aliphatic carbocycles. The topological polar surface area (TPSA) is 52.3 Å². The molecule has 0 radical (unpaired) electrons. The Bertz CT molecular complexity index is 813. The summed E-state index contributed by atoms with van der Waals surface area (Å²) in [5.41, 5.74) is 5.70. The molecular formula is C16H12ClNO2S. The second-order valence-electron chi connectivity index (χ2n) is 4.48. The first-order valence-corrected chi connectivity index (χ1v) is 7.54. The molecular weight excluding hydrogens is 306 g/mol. The van der Waals surface area contributed by atoms with Crippen LogP contribution in [0.15, 0.2) is 48.5 Å². The van der Waals surface area contributed by atoms with Crippen molar-refractivity contribution in [2.75, 3.05) is 0 Å². The molecule has 0 atom stereocenters. The van der Waals surface area contributed by atoms with E-state index in [0.717, 1.165) is 15.0 Å². The number of rotatable bonds is 4. The Hall–Kier alpha value is -2.04. The Kier molecular flexibility index (Phi) is 3.82. The van der Waals surface area contributed by atoms with Crippen LogP contribution in [0.2, 0.25) is 5.02 Å². The van der Waals surface area contributed by atoms with E-state index in [-0.39, 0.29) is 0 Å². The van der Waals surface area contributed by atoms with Crippen molar-refractivity contribution >= 4 is 38.9 Å². The van der Waals surface area contributed by atoms with Crippen LogP contribution in [0, 0.1) is 0 Å². The molecule has 106 valence electrons. The molecule has 2 N–H and O–H groups in total. The number of primary amides is 1. The van der Waals surface area contributed by atoms with Crippen LogP contribution < -0.4 is 10.5 Å². The van der Waals surface area contributed by atoms with E-state index in [4.69, 9.17) is 22.1 Å². The Morgan fingerprint density at radius 2 is 1.86 bits per heavy atom. The van der Waals surface area contributed by atoms with E-state index in [1.165, 1.54) is 0 Å². The highest BCUT2D eigenvalue weighted by Gasteiger charge is 2.12. The lowest BCUT2D eigenvalue weighted by Gasteiger charge is -2.08. The molecule has 3 aromatic rings. The van der Waals surface area contributed by atoms with Crippen LogP contribution in [0.25, 0.3) is 10.1 Å². The summed E-state index contributed by atoms with van der Waals surface area (Å²) in [5.74, 6) is -0.0356. The van der Waals surface area contributed by atoms with Crippen molar-refractivity contribution < 1.29 is 9.53 Å². The summed E-state index contributed by atoms with van der Waals surface area (Å²) in [6.07, 6.45) is 0. The van der Waals surface area contributed by atoms with E-state index in [1.54, 1.807) is 35.6 Å². The van der Waals surface area contributed by atoms with Gasteiger partial charge in [-0.1, -0.05) is 41.9 Å². The number of benzene rings is 2. The van der Waals surface area contributed by atoms with Crippen molar-refractivity contribution in [3.63, 3.8) is 0 Å². The van der Waals surface area contributed by atoms with Gasteiger partial charge in [0.05, 0.1) is 15.5 Å². The van der Waals surface area contributed by atoms with Gasteiger partial charge in [-0.3, -0.25) is 4.79 Å². The summed E-state index contributed by atoms with van der Waals surface area (Å²) in [7, 11) is 0. The van der Waals surface area contributed by atoms with E-state index in [2.05, 4.69) is 0 Å². The molecule has 1 amide bonds. The number of halogens is 1. The zero-order valence-electron chi connectivity index (χ0n) is 11.0. The molecule has 0 aliphatic heterocycles. The third-order valence-corrected chi connectivity index (χ3v) is 4.80. The van der Waals surface area contributed by atoms with Gasteiger partial charge in [0.2, 0.25) is 0 Å². The lowest BCUT2D eigenvalue weighted by atomic mass is 10.2. The Balaban J connectivity index is 1.87. The van der Waals surface area contributed by atoms with Crippen molar-refractivity contribution in [3.8, 4) is 5.75 Å². The van der Waals surface area contributed by atoms with Crippen molar-refractivity contribution in [1.82, 2.24) is 0 Å². The second-order valence-corrected chi connectivity index (χ2v) is 6.00. The van der Waals surface area contributed by atoms with Crippen LogP contribution in [0.1, 0.15) is 15.2 Å². The maximum absolute atomic E-state index is 11.4. The average Bonchev–Trinajstić information content (AvgIpc) is 2.82. The van der Waals surface area contributed by atoms with E-state index in [1.807, 2.05) is 24.3 Å². The molecule has 5 heteroatoms. The number of amides is 1. The maximum atomic E-state index is 11.4. The fourth-order valence-electron chi connectivity index (χ4n) is 2.10. The first kappa shape index (κ1) is 13.9. The monoisotopic (exact) mass is 317 g/mol. The van der Waals surface area contributed by atoms with Gasteiger partial charge in [-0.25, -0.2) is 0 Å². The molecule has 3 nitrogen and oxygen atoms in total. The van der Waals surface area contributed by atoms with E-state index in [0.29, 0.717) is 22.9 Å². The van der Waals surface area contributed by atoms with Crippen molar-refractivity contribution in [2.45, 2.75) is 6.61 Å². The van der Waals surface area contributed by atoms with Crippen molar-refractivity contribution in [2.24, 2.45) is 5.73 Å². The standard InChI is InChI=1S/C16H12ClNO2S/c17-15-11-6-2-4-8-13(11)21-14(15)9-20-12-7-3-1-5-10(12)16(18)19/h1-8H,9H2,(H2,18,19). The van der Waals surface area contributed by atoms with Crippen LogP contribution in [0.3, 0.4) is 0 Å². The van der Waals surface area contributed by atoms with Crippen LogP contribution in [0.4, 0.5) is 0 Å². The fraction of sp³-hybridized carbons (Fsp3) is 0.0625. The quantitative estimate of drug-likeness (QED) is 0.782. The van der Waals surface area contributed by atoms with Gasteiger partial charge >= 0.3 is 0 Å². The van der Waals surface area contributed by atoms with Crippen LogP contribution >= 0.6 is 22.9 Å². The summed E-state index contributed by atoms with van der Waals surface area (Å²) in [6.45, 7) is 0.308. The summed E-state index contributed by atoms with van der Waals surface area (Å²) < 4.78 is 6.84. The highest BCUT2D eigenvalue weighted by Crippen LogP contribution is 2.35. The van der Waals surface area contributed by atoms with E-state index < -0.39 is 5.91 Å². The summed E-state index contributed by atoms with van der Waals surface area (Å²) >= 11 is 7.95. The van der Waals surface area contributed by atoms with Crippen molar-refractivity contribution in [1.29, 1.82) is 0 Å². The van der Waals surface area contributed by atoms with E-state index in [9.17, 15) is 4.79 Å². The Morgan fingerprint density at radius 1 is 1.14 bits per heavy atom. The third kappa shape index (κ3) is 2.73. The number of carbonyl (C=O) groups excluding carboxylic acids is 1. The molecule has 1 aromatic heterocycles. The normalized spacial score (nSPS) is 10.7. The smallest absolute Gasteiger partial charge is 0.252 e. The maximum Gasteiger partial charge on any atom is 0.252 e. The molecule has 1 heterocycles. The van der Waals surface area contributed by atoms with Gasteiger partial charge in [0.1, 0.15) is 12.4 Å². The van der Waals surface area contributed by atoms with E-state index >= 15 is 0 Å². The number of carbonyl (C=O) groups is 1. The second kappa shape index (κ2) is 5.76. The van der Waals surface area contributed by atoms with Gasteiger partial charge in [0, 0.05) is 10.1 Å². The van der Waals surface area contributed by atoms with Crippen molar-refractivity contribution in [3.05, 3.63) is 64.0 Å². The number of hydrogen-bond acceptors (Lipinski definition) is 3. The molecule has 0 bridgehead atoms. The SMILES string of the molecule is NC(=O)c1ccccc1OCc1sc2ccccc2c1Cl. The molecule has 3 rings (SSSR count). The highest BCUT2D eigenvalue weighted by molar-refractivity contribution is 7.19. The summed E-state index contributed by atoms with van der Waals surface area (Å²) in [4.78, 5) is 12.3. The predicted octanol–water partition coefficient (Wildman–Crippen LogP) is 4.23. The minimum absolute atomic E-state index is 0.308. The third-order valence-electron chi connectivity index (χ3n) is 3.11. The molecule has 0 unspecified atom stereocenters. The fourth-order valence-corrected chi connectivity index (χ4v) is 3.50. The summed E-state index contributed by atoms with van der Waals surface area (Å²) in [6, 6.07) is 14.8. The lowest BCUT2D eigenvalue weighted by molar-refractivity contribution is 0.0996. The first-order chi connectivity index (χ1) is 10.2. The molecule has 21 heavy (non-hydrogen) atoms. The number of hydrogen-bond donors (Lipinski definition) is 1. The number of fused-ring (bicyclic) bond motifs is 1. The predicted molar refractivity (Wildman–Crippen MR) is 86.1 cm³/mol. The zero-order chi connectivity index (χ0) is 14.8. The number of nitrogens with two attached hydrogens (primary N) is 1.